The Morgan fingerprint density at radius 1 is 1.11 bits per heavy atom. The van der Waals surface area contributed by atoms with Crippen LogP contribution < -0.4 is 4.74 Å². The summed E-state index contributed by atoms with van der Waals surface area (Å²) in [7, 11) is 0. The minimum absolute atomic E-state index is 0.0133. The predicted octanol–water partition coefficient (Wildman–Crippen LogP) is 5.18. The summed E-state index contributed by atoms with van der Waals surface area (Å²) < 4.78 is 6.16. The summed E-state index contributed by atoms with van der Waals surface area (Å²) in [6.07, 6.45) is 8.73. The molecule has 148 valence electrons. The minimum atomic E-state index is 0.0133. The number of allylic oxidation sites excluding steroid dienone is 2. The number of hydrogen-bond acceptors (Lipinski definition) is 3. The maximum Gasteiger partial charge on any atom is 0.160 e. The zero-order valence-corrected chi connectivity index (χ0v) is 17.4. The van der Waals surface area contributed by atoms with Crippen molar-refractivity contribution in [3.8, 4) is 5.75 Å². The predicted molar refractivity (Wildman–Crippen MR) is 111 cm³/mol. The number of benzene rings is 1. The Labute approximate surface area is 167 Å². The van der Waals surface area contributed by atoms with Gasteiger partial charge in [-0.3, -0.25) is 9.59 Å². The second-order valence-corrected chi connectivity index (χ2v) is 9.97. The molecule has 0 radical (unpaired) electrons. The SMILES string of the molecule is CC1=CC2C(C)(C)CC(=O)C[C@]2(C)CC1COc1ccc2c(c1)CC(=O)C=C2. The number of carbonyl (C=O) groups is 2. The highest BCUT2D eigenvalue weighted by atomic mass is 16.5. The molecule has 1 fully saturated rings. The maximum absolute atomic E-state index is 12.4. The molecule has 3 heteroatoms. The van der Waals surface area contributed by atoms with Crippen LogP contribution in [0.15, 0.2) is 35.9 Å². The first-order chi connectivity index (χ1) is 13.2. The molecule has 0 aromatic heterocycles. The highest BCUT2D eigenvalue weighted by Gasteiger charge is 2.51. The van der Waals surface area contributed by atoms with Crippen molar-refractivity contribution in [2.24, 2.45) is 22.7 Å². The normalized spacial score (nSPS) is 31.1. The van der Waals surface area contributed by atoms with Gasteiger partial charge in [0.15, 0.2) is 5.78 Å². The Morgan fingerprint density at radius 3 is 2.68 bits per heavy atom. The molecule has 0 amide bonds. The Morgan fingerprint density at radius 2 is 1.89 bits per heavy atom. The molecule has 0 saturated heterocycles. The highest BCUT2D eigenvalue weighted by molar-refractivity contribution is 5.98. The third kappa shape index (κ3) is 3.47. The summed E-state index contributed by atoms with van der Waals surface area (Å²) >= 11 is 0. The van der Waals surface area contributed by atoms with Crippen molar-refractivity contribution in [2.45, 2.75) is 53.4 Å². The van der Waals surface area contributed by atoms with Crippen molar-refractivity contribution in [1.82, 2.24) is 0 Å². The summed E-state index contributed by atoms with van der Waals surface area (Å²) in [5.74, 6) is 2.11. The van der Waals surface area contributed by atoms with Crippen molar-refractivity contribution in [3.63, 3.8) is 0 Å². The zero-order chi connectivity index (χ0) is 20.1. The summed E-state index contributed by atoms with van der Waals surface area (Å²) in [6, 6.07) is 6.01. The summed E-state index contributed by atoms with van der Waals surface area (Å²) in [5, 5.41) is 0. The third-order valence-electron chi connectivity index (χ3n) is 7.01. The van der Waals surface area contributed by atoms with Gasteiger partial charge in [0.2, 0.25) is 0 Å². The van der Waals surface area contributed by atoms with Crippen LogP contribution in [0.4, 0.5) is 0 Å². The highest BCUT2D eigenvalue weighted by Crippen LogP contribution is 2.56. The smallest absolute Gasteiger partial charge is 0.160 e. The fraction of sp³-hybridized carbons (Fsp3) is 0.520. The summed E-state index contributed by atoms with van der Waals surface area (Å²) in [5.41, 5.74) is 3.54. The molecule has 0 heterocycles. The molecule has 0 N–H and O–H groups in total. The molecule has 1 aromatic carbocycles. The van der Waals surface area contributed by atoms with Gasteiger partial charge >= 0.3 is 0 Å². The van der Waals surface area contributed by atoms with Crippen LogP contribution in [0.2, 0.25) is 0 Å². The number of fused-ring (bicyclic) bond motifs is 2. The third-order valence-corrected chi connectivity index (χ3v) is 7.01. The Kier molecular flexibility index (Phi) is 4.60. The van der Waals surface area contributed by atoms with Gasteiger partial charge in [-0.2, -0.15) is 0 Å². The van der Waals surface area contributed by atoms with Gasteiger partial charge in [-0.05, 0) is 59.4 Å². The lowest BCUT2D eigenvalue weighted by Gasteiger charge is -2.53. The Balaban J connectivity index is 1.50. The van der Waals surface area contributed by atoms with Gasteiger partial charge in [0.05, 0.1) is 6.61 Å². The lowest BCUT2D eigenvalue weighted by Crippen LogP contribution is -2.48. The van der Waals surface area contributed by atoms with Crippen LogP contribution in [0, 0.1) is 22.7 Å². The van der Waals surface area contributed by atoms with Crippen LogP contribution in [-0.4, -0.2) is 18.2 Å². The van der Waals surface area contributed by atoms with Gasteiger partial charge in [0.1, 0.15) is 11.5 Å². The van der Waals surface area contributed by atoms with Crippen molar-refractivity contribution in [3.05, 3.63) is 47.1 Å². The van der Waals surface area contributed by atoms with Crippen LogP contribution >= 0.6 is 0 Å². The van der Waals surface area contributed by atoms with Crippen LogP contribution in [-0.2, 0) is 16.0 Å². The van der Waals surface area contributed by atoms with E-state index in [0.29, 0.717) is 43.5 Å². The number of ether oxygens (including phenoxy) is 1. The van der Waals surface area contributed by atoms with Crippen molar-refractivity contribution < 1.29 is 14.3 Å². The monoisotopic (exact) mass is 378 g/mol. The van der Waals surface area contributed by atoms with E-state index in [1.165, 1.54) is 5.57 Å². The molecular formula is C25H30O3. The number of hydrogen-bond donors (Lipinski definition) is 0. The van der Waals surface area contributed by atoms with Gasteiger partial charge < -0.3 is 4.74 Å². The lowest BCUT2D eigenvalue weighted by molar-refractivity contribution is -0.132. The van der Waals surface area contributed by atoms with E-state index in [4.69, 9.17) is 4.74 Å². The van der Waals surface area contributed by atoms with Crippen LogP contribution in [0.3, 0.4) is 0 Å². The number of carbonyl (C=O) groups excluding carboxylic acids is 2. The zero-order valence-electron chi connectivity index (χ0n) is 17.4. The quantitative estimate of drug-likeness (QED) is 0.681. The van der Waals surface area contributed by atoms with Crippen LogP contribution in [0.25, 0.3) is 6.08 Å². The first-order valence-corrected chi connectivity index (χ1v) is 10.3. The molecule has 0 spiro atoms. The van der Waals surface area contributed by atoms with Crippen molar-refractivity contribution >= 4 is 17.6 Å². The Hall–Kier alpha value is -2.16. The van der Waals surface area contributed by atoms with E-state index in [1.807, 2.05) is 24.3 Å². The topological polar surface area (TPSA) is 43.4 Å². The van der Waals surface area contributed by atoms with Crippen LogP contribution in [0.1, 0.15) is 58.1 Å². The molecule has 28 heavy (non-hydrogen) atoms. The maximum atomic E-state index is 12.4. The van der Waals surface area contributed by atoms with Gasteiger partial charge in [-0.1, -0.05) is 44.6 Å². The molecule has 0 bridgehead atoms. The average molecular weight is 379 g/mol. The van der Waals surface area contributed by atoms with E-state index in [0.717, 1.165) is 23.3 Å². The standard InChI is InChI=1S/C25H30O3/c1-16-9-23-24(2,3)13-21(27)14-25(23,4)12-19(16)15-28-22-8-6-17-5-7-20(26)10-18(17)11-22/h5-9,11,19,23H,10,12-15H2,1-4H3/t19?,23?,25-/m0/s1. The van der Waals surface area contributed by atoms with Crippen LogP contribution in [0.5, 0.6) is 5.75 Å². The van der Waals surface area contributed by atoms with Gasteiger partial charge in [-0.25, -0.2) is 0 Å². The number of Topliss-reactive ketones (excluding diaryl/α,β-unsaturated/α-hetero) is 1. The number of rotatable bonds is 3. The first kappa shape index (κ1) is 19.2. The molecule has 2 unspecified atom stereocenters. The number of ketones is 2. The summed E-state index contributed by atoms with van der Waals surface area (Å²) in [4.78, 5) is 24.1. The fourth-order valence-electron chi connectivity index (χ4n) is 5.74. The van der Waals surface area contributed by atoms with Gasteiger partial charge in [-0.15, -0.1) is 0 Å². The van der Waals surface area contributed by atoms with Crippen molar-refractivity contribution in [1.29, 1.82) is 0 Å². The molecule has 1 aromatic rings. The minimum Gasteiger partial charge on any atom is -0.493 e. The van der Waals surface area contributed by atoms with Gasteiger partial charge in [0.25, 0.3) is 0 Å². The average Bonchev–Trinajstić information content (AvgIpc) is 2.60. The van der Waals surface area contributed by atoms with E-state index in [2.05, 4.69) is 33.8 Å². The molecule has 4 rings (SSSR count). The molecule has 3 aliphatic carbocycles. The second-order valence-electron chi connectivity index (χ2n) is 9.97. The summed E-state index contributed by atoms with van der Waals surface area (Å²) in [6.45, 7) is 9.56. The molecule has 1 saturated carbocycles. The van der Waals surface area contributed by atoms with E-state index < -0.39 is 0 Å². The molecular weight excluding hydrogens is 348 g/mol. The van der Waals surface area contributed by atoms with E-state index in [-0.39, 0.29) is 16.6 Å². The molecule has 3 aliphatic rings. The van der Waals surface area contributed by atoms with E-state index in [9.17, 15) is 9.59 Å². The van der Waals surface area contributed by atoms with E-state index in [1.54, 1.807) is 6.08 Å². The fourth-order valence-corrected chi connectivity index (χ4v) is 5.74. The van der Waals surface area contributed by atoms with Gasteiger partial charge in [0, 0.05) is 25.2 Å². The Bertz CT molecular complexity index is 889. The molecule has 3 atom stereocenters. The van der Waals surface area contributed by atoms with Crippen molar-refractivity contribution in [2.75, 3.05) is 6.61 Å². The van der Waals surface area contributed by atoms with E-state index >= 15 is 0 Å². The molecule has 0 aliphatic heterocycles. The first-order valence-electron chi connectivity index (χ1n) is 10.3. The second kappa shape index (κ2) is 6.72. The molecule has 3 nitrogen and oxygen atoms in total. The largest absolute Gasteiger partial charge is 0.493 e. The lowest BCUT2D eigenvalue weighted by atomic mass is 9.51.